The number of anilines is 1. The largest absolute Gasteiger partial charge is 0.493 e. The summed E-state index contributed by atoms with van der Waals surface area (Å²) in [5.74, 6) is 2.63. The molecule has 2 heterocycles. The van der Waals surface area contributed by atoms with Gasteiger partial charge in [-0.1, -0.05) is 6.07 Å². The fraction of sp³-hybridized carbons (Fsp3) is 0.476. The third kappa shape index (κ3) is 5.35. The minimum absolute atomic E-state index is 0.0356. The quantitative estimate of drug-likeness (QED) is 0.761. The van der Waals surface area contributed by atoms with E-state index in [0.717, 1.165) is 38.2 Å². The molecule has 8 nitrogen and oxygen atoms in total. The van der Waals surface area contributed by atoms with Gasteiger partial charge in [0.15, 0.2) is 11.5 Å². The minimum atomic E-state index is -0.0356. The number of hydrogen-bond acceptors (Lipinski definition) is 7. The van der Waals surface area contributed by atoms with Crippen molar-refractivity contribution in [1.29, 1.82) is 0 Å². The Balaban J connectivity index is 1.62. The average Bonchev–Trinajstić information content (AvgIpc) is 2.73. The molecule has 1 aromatic carbocycles. The van der Waals surface area contributed by atoms with Crippen molar-refractivity contribution in [3.05, 3.63) is 41.3 Å². The SMILES string of the molecule is COc1ccc(CCNc2cc(C(=O)N3CCN(C)CC3)nc(C)n2)cc1OC. The summed E-state index contributed by atoms with van der Waals surface area (Å²) in [6.45, 7) is 5.69. The van der Waals surface area contributed by atoms with Gasteiger partial charge >= 0.3 is 0 Å². The summed E-state index contributed by atoms with van der Waals surface area (Å²) in [5, 5.41) is 3.30. The zero-order chi connectivity index (χ0) is 20.8. The fourth-order valence-corrected chi connectivity index (χ4v) is 3.31. The molecule has 29 heavy (non-hydrogen) atoms. The van der Waals surface area contributed by atoms with Crippen LogP contribution in [0.3, 0.4) is 0 Å². The van der Waals surface area contributed by atoms with Crippen molar-refractivity contribution in [1.82, 2.24) is 19.8 Å². The van der Waals surface area contributed by atoms with E-state index in [1.165, 1.54) is 0 Å². The van der Waals surface area contributed by atoms with Gasteiger partial charge in [-0.2, -0.15) is 0 Å². The zero-order valence-electron chi connectivity index (χ0n) is 17.6. The number of ether oxygens (including phenoxy) is 2. The Kier molecular flexibility index (Phi) is 6.87. The number of methoxy groups -OCH3 is 2. The summed E-state index contributed by atoms with van der Waals surface area (Å²) in [7, 11) is 5.32. The van der Waals surface area contributed by atoms with Gasteiger partial charge in [0, 0.05) is 38.8 Å². The van der Waals surface area contributed by atoms with Crippen LogP contribution in [0.2, 0.25) is 0 Å². The normalized spacial score (nSPS) is 14.6. The Morgan fingerprint density at radius 3 is 2.48 bits per heavy atom. The molecule has 1 N–H and O–H groups in total. The van der Waals surface area contributed by atoms with E-state index in [1.54, 1.807) is 27.2 Å². The van der Waals surface area contributed by atoms with E-state index in [2.05, 4.69) is 27.2 Å². The molecule has 0 aliphatic carbocycles. The van der Waals surface area contributed by atoms with Crippen LogP contribution in [0.4, 0.5) is 5.82 Å². The molecular weight excluding hydrogens is 370 g/mol. The van der Waals surface area contributed by atoms with Crippen LogP contribution in [0.25, 0.3) is 0 Å². The molecule has 1 saturated heterocycles. The summed E-state index contributed by atoms with van der Waals surface area (Å²) in [4.78, 5) is 25.6. The van der Waals surface area contributed by atoms with Crippen LogP contribution in [0.15, 0.2) is 24.3 Å². The van der Waals surface area contributed by atoms with Gasteiger partial charge in [0.2, 0.25) is 0 Å². The highest BCUT2D eigenvalue weighted by molar-refractivity contribution is 5.93. The third-order valence-electron chi connectivity index (χ3n) is 5.02. The van der Waals surface area contributed by atoms with Crippen LogP contribution in [0, 0.1) is 6.92 Å². The summed E-state index contributed by atoms with van der Waals surface area (Å²) in [6.07, 6.45) is 0.783. The standard InChI is InChI=1S/C21H29N5O3/c1-15-23-17(21(27)26-11-9-25(2)10-12-26)14-20(24-15)22-8-7-16-5-6-18(28-3)19(13-16)29-4/h5-6,13-14H,7-12H2,1-4H3,(H,22,23,24). The van der Waals surface area contributed by atoms with Crippen LogP contribution in [-0.2, 0) is 6.42 Å². The average molecular weight is 399 g/mol. The molecule has 3 rings (SSSR count). The topological polar surface area (TPSA) is 79.8 Å². The third-order valence-corrected chi connectivity index (χ3v) is 5.02. The van der Waals surface area contributed by atoms with Crippen molar-refractivity contribution in [3.63, 3.8) is 0 Å². The maximum Gasteiger partial charge on any atom is 0.272 e. The second-order valence-electron chi connectivity index (χ2n) is 7.15. The summed E-state index contributed by atoms with van der Waals surface area (Å²) in [5.41, 5.74) is 1.56. The van der Waals surface area contributed by atoms with Crippen LogP contribution in [-0.4, -0.2) is 79.7 Å². The second kappa shape index (κ2) is 9.56. The molecule has 1 amide bonds. The first-order valence-electron chi connectivity index (χ1n) is 9.78. The van der Waals surface area contributed by atoms with Crippen molar-refractivity contribution in [3.8, 4) is 11.5 Å². The highest BCUT2D eigenvalue weighted by Crippen LogP contribution is 2.27. The van der Waals surface area contributed by atoms with E-state index < -0.39 is 0 Å². The van der Waals surface area contributed by atoms with Crippen molar-refractivity contribution in [2.75, 3.05) is 59.3 Å². The number of piperazine rings is 1. The summed E-state index contributed by atoms with van der Waals surface area (Å²) in [6, 6.07) is 7.61. The van der Waals surface area contributed by atoms with Crippen molar-refractivity contribution in [2.45, 2.75) is 13.3 Å². The second-order valence-corrected chi connectivity index (χ2v) is 7.15. The molecule has 0 bridgehead atoms. The first-order chi connectivity index (χ1) is 14.0. The zero-order valence-corrected chi connectivity index (χ0v) is 17.6. The predicted octanol–water partition coefficient (Wildman–Crippen LogP) is 1.84. The summed E-state index contributed by atoms with van der Waals surface area (Å²) < 4.78 is 10.6. The maximum absolute atomic E-state index is 12.8. The Labute approximate surface area is 171 Å². The molecule has 1 aromatic heterocycles. The monoisotopic (exact) mass is 399 g/mol. The van der Waals surface area contributed by atoms with Crippen molar-refractivity contribution < 1.29 is 14.3 Å². The number of aryl methyl sites for hydroxylation is 1. The Bertz CT molecular complexity index is 850. The molecule has 1 aliphatic heterocycles. The molecule has 2 aromatic rings. The maximum atomic E-state index is 12.8. The number of nitrogens with one attached hydrogen (secondary N) is 1. The molecule has 0 unspecified atom stereocenters. The van der Waals surface area contributed by atoms with Gasteiger partial charge in [-0.05, 0) is 38.1 Å². The molecule has 0 saturated carbocycles. The number of aromatic nitrogens is 2. The molecule has 0 atom stereocenters. The lowest BCUT2D eigenvalue weighted by molar-refractivity contribution is 0.0658. The van der Waals surface area contributed by atoms with Crippen LogP contribution < -0.4 is 14.8 Å². The van der Waals surface area contributed by atoms with E-state index in [9.17, 15) is 4.79 Å². The molecular formula is C21H29N5O3. The first kappa shape index (κ1) is 20.9. The van der Waals surface area contributed by atoms with E-state index in [1.807, 2.05) is 23.1 Å². The van der Waals surface area contributed by atoms with E-state index >= 15 is 0 Å². The van der Waals surface area contributed by atoms with Crippen LogP contribution in [0.5, 0.6) is 11.5 Å². The van der Waals surface area contributed by atoms with Gasteiger partial charge in [-0.3, -0.25) is 4.79 Å². The number of nitrogens with zero attached hydrogens (tertiary/aromatic N) is 4. The summed E-state index contributed by atoms with van der Waals surface area (Å²) >= 11 is 0. The number of carbonyl (C=O) groups excluding carboxylic acids is 1. The lowest BCUT2D eigenvalue weighted by Crippen LogP contribution is -2.47. The Hall–Kier alpha value is -2.87. The number of rotatable bonds is 7. The number of benzene rings is 1. The molecule has 0 radical (unpaired) electrons. The van der Waals surface area contributed by atoms with E-state index in [-0.39, 0.29) is 5.91 Å². The lowest BCUT2D eigenvalue weighted by Gasteiger charge is -2.32. The number of carbonyl (C=O) groups is 1. The molecule has 1 fully saturated rings. The van der Waals surface area contributed by atoms with E-state index in [4.69, 9.17) is 9.47 Å². The molecule has 156 valence electrons. The number of hydrogen-bond donors (Lipinski definition) is 1. The lowest BCUT2D eigenvalue weighted by atomic mass is 10.1. The minimum Gasteiger partial charge on any atom is -0.493 e. The molecule has 1 aliphatic rings. The van der Waals surface area contributed by atoms with Gasteiger partial charge in [0.25, 0.3) is 5.91 Å². The van der Waals surface area contributed by atoms with Gasteiger partial charge < -0.3 is 24.6 Å². The van der Waals surface area contributed by atoms with E-state index in [0.29, 0.717) is 35.4 Å². The van der Waals surface area contributed by atoms with Crippen molar-refractivity contribution >= 4 is 11.7 Å². The molecule has 8 heteroatoms. The Morgan fingerprint density at radius 2 is 1.79 bits per heavy atom. The van der Waals surface area contributed by atoms with Crippen LogP contribution in [0.1, 0.15) is 21.9 Å². The van der Waals surface area contributed by atoms with Crippen molar-refractivity contribution in [2.24, 2.45) is 0 Å². The van der Waals surface area contributed by atoms with Gasteiger partial charge in [-0.15, -0.1) is 0 Å². The van der Waals surface area contributed by atoms with Gasteiger partial charge in [0.05, 0.1) is 14.2 Å². The number of likely N-dealkylation sites (N-methyl/N-ethyl adjacent to an activating group) is 1. The molecule has 0 spiro atoms. The highest BCUT2D eigenvalue weighted by Gasteiger charge is 2.22. The number of amides is 1. The highest BCUT2D eigenvalue weighted by atomic mass is 16.5. The smallest absolute Gasteiger partial charge is 0.272 e. The fourth-order valence-electron chi connectivity index (χ4n) is 3.31. The first-order valence-corrected chi connectivity index (χ1v) is 9.78. The Morgan fingerprint density at radius 1 is 1.07 bits per heavy atom. The van der Waals surface area contributed by atoms with Gasteiger partial charge in [-0.25, -0.2) is 9.97 Å². The predicted molar refractivity (Wildman–Crippen MR) is 112 cm³/mol. The van der Waals surface area contributed by atoms with Crippen LogP contribution >= 0.6 is 0 Å². The van der Waals surface area contributed by atoms with Gasteiger partial charge in [0.1, 0.15) is 17.3 Å².